The number of halogens is 2. The predicted molar refractivity (Wildman–Crippen MR) is 77.1 cm³/mol. The molecule has 104 valence electrons. The van der Waals surface area contributed by atoms with Gasteiger partial charge < -0.3 is 21.7 Å². The van der Waals surface area contributed by atoms with E-state index in [1.807, 2.05) is 0 Å². The van der Waals surface area contributed by atoms with Crippen LogP contribution in [-0.4, -0.2) is 28.0 Å². The lowest BCUT2D eigenvalue weighted by Gasteiger charge is -2.14. The molecule has 0 radical (unpaired) electrons. The Balaban J connectivity index is 3.03. The van der Waals surface area contributed by atoms with E-state index in [1.54, 1.807) is 0 Å². The molecule has 0 aliphatic rings. The molecule has 6 N–H and O–H groups in total. The molecule has 0 heterocycles. The monoisotopic (exact) mass is 394 g/mol. The smallest absolute Gasteiger partial charge is 0.303 e. The topological polar surface area (TPSA) is 127 Å². The Hall–Kier alpha value is -1.12. The molecular formula is C11H12Br2N2O4. The first-order chi connectivity index (χ1) is 8.75. The van der Waals surface area contributed by atoms with Crippen molar-refractivity contribution in [3.63, 3.8) is 0 Å². The van der Waals surface area contributed by atoms with Crippen LogP contribution in [0.2, 0.25) is 0 Å². The van der Waals surface area contributed by atoms with E-state index >= 15 is 0 Å². The average molecular weight is 396 g/mol. The summed E-state index contributed by atoms with van der Waals surface area (Å²) in [6.45, 7) is 0. The Morgan fingerprint density at radius 2 is 1.95 bits per heavy atom. The van der Waals surface area contributed by atoms with E-state index in [0.29, 0.717) is 4.47 Å². The van der Waals surface area contributed by atoms with Gasteiger partial charge in [-0.3, -0.25) is 9.59 Å². The lowest BCUT2D eigenvalue weighted by molar-refractivity contribution is -0.137. The molecule has 0 fully saturated rings. The van der Waals surface area contributed by atoms with E-state index in [1.165, 1.54) is 6.07 Å². The third kappa shape index (κ3) is 3.68. The first kappa shape index (κ1) is 15.9. The number of aliphatic carboxylic acids is 1. The summed E-state index contributed by atoms with van der Waals surface area (Å²) < 4.78 is 0.484. The van der Waals surface area contributed by atoms with Gasteiger partial charge in [-0.1, -0.05) is 0 Å². The Morgan fingerprint density at radius 1 is 1.37 bits per heavy atom. The van der Waals surface area contributed by atoms with Crippen LogP contribution >= 0.6 is 31.9 Å². The van der Waals surface area contributed by atoms with E-state index in [2.05, 4.69) is 31.9 Å². The fraction of sp³-hybridized carbons (Fsp3) is 0.273. The molecule has 8 heteroatoms. The van der Waals surface area contributed by atoms with Crippen molar-refractivity contribution >= 4 is 49.3 Å². The Labute approximate surface area is 126 Å². The molecular weight excluding hydrogens is 384 g/mol. The predicted octanol–water partition coefficient (Wildman–Crippen LogP) is 1.87. The summed E-state index contributed by atoms with van der Waals surface area (Å²) >= 11 is 6.16. The second kappa shape index (κ2) is 6.36. The number of carboxylic acids is 1. The maximum absolute atomic E-state index is 12.1. The van der Waals surface area contributed by atoms with Crippen LogP contribution in [-0.2, 0) is 4.79 Å². The number of hydrogen-bond donors (Lipinski definition) is 4. The van der Waals surface area contributed by atoms with Gasteiger partial charge in [0.2, 0.25) is 0 Å². The number of phenolic OH excluding ortho intramolecular Hbond substituents is 1. The summed E-state index contributed by atoms with van der Waals surface area (Å²) in [6.07, 6.45) is -0.184. The number of Topliss-reactive ketones (excluding diaryl/α,β-unsaturated/α-hetero) is 1. The maximum atomic E-state index is 12.1. The van der Waals surface area contributed by atoms with Crippen molar-refractivity contribution in [1.82, 2.24) is 0 Å². The number of benzene rings is 1. The van der Waals surface area contributed by atoms with Gasteiger partial charge in [-0.25, -0.2) is 0 Å². The lowest BCUT2D eigenvalue weighted by Crippen LogP contribution is -2.31. The maximum Gasteiger partial charge on any atom is 0.303 e. The van der Waals surface area contributed by atoms with E-state index in [-0.39, 0.29) is 34.3 Å². The van der Waals surface area contributed by atoms with Crippen LogP contribution in [0.5, 0.6) is 5.75 Å². The normalized spacial score (nSPS) is 12.2. The average Bonchev–Trinajstić information content (AvgIpc) is 2.36. The molecule has 19 heavy (non-hydrogen) atoms. The molecule has 0 spiro atoms. The highest BCUT2D eigenvalue weighted by atomic mass is 79.9. The number of rotatable bonds is 5. The summed E-state index contributed by atoms with van der Waals surface area (Å²) in [7, 11) is 0. The SMILES string of the molecule is Nc1c(C(=O)C(N)CCC(=O)O)cc(Br)c(O)c1Br. The number of nitrogens with two attached hydrogens (primary N) is 2. The second-order valence-electron chi connectivity index (χ2n) is 3.89. The minimum absolute atomic E-state index is 0.0176. The number of carbonyl (C=O) groups is 2. The molecule has 1 atom stereocenters. The number of ketones is 1. The standard InChI is InChI=1S/C11H12Br2N2O4/c12-5-3-4(9(15)8(13)11(5)19)10(18)6(14)1-2-7(16)17/h3,6,19H,1-2,14-15H2,(H,16,17). The molecule has 0 saturated carbocycles. The Morgan fingerprint density at radius 3 is 2.47 bits per heavy atom. The minimum Gasteiger partial charge on any atom is -0.505 e. The molecule has 1 aromatic carbocycles. The Kier molecular flexibility index (Phi) is 5.33. The fourth-order valence-electron chi connectivity index (χ4n) is 1.44. The van der Waals surface area contributed by atoms with Crippen LogP contribution in [0, 0.1) is 0 Å². The van der Waals surface area contributed by atoms with Gasteiger partial charge in [-0.15, -0.1) is 0 Å². The molecule has 0 saturated heterocycles. The molecule has 0 amide bonds. The Bertz CT molecular complexity index is 534. The van der Waals surface area contributed by atoms with Crippen molar-refractivity contribution in [2.75, 3.05) is 5.73 Å². The number of carbonyl (C=O) groups excluding carboxylic acids is 1. The molecule has 6 nitrogen and oxygen atoms in total. The third-order valence-electron chi connectivity index (χ3n) is 2.50. The van der Waals surface area contributed by atoms with E-state index < -0.39 is 17.8 Å². The summed E-state index contributed by atoms with van der Waals surface area (Å²) in [5.41, 5.74) is 11.6. The van der Waals surface area contributed by atoms with Crippen LogP contribution in [0.3, 0.4) is 0 Å². The number of carboxylic acid groups (broad SMARTS) is 1. The summed E-state index contributed by atoms with van der Waals surface area (Å²) in [5, 5.41) is 18.2. The minimum atomic E-state index is -1.02. The van der Waals surface area contributed by atoms with Crippen LogP contribution in [0.4, 0.5) is 5.69 Å². The van der Waals surface area contributed by atoms with Crippen molar-refractivity contribution in [3.8, 4) is 5.75 Å². The molecule has 1 unspecified atom stereocenters. The van der Waals surface area contributed by atoms with Gasteiger partial charge in [0.25, 0.3) is 0 Å². The van der Waals surface area contributed by atoms with Crippen molar-refractivity contribution in [2.24, 2.45) is 5.73 Å². The van der Waals surface area contributed by atoms with Gasteiger partial charge in [0.1, 0.15) is 5.75 Å². The molecule has 0 aromatic heterocycles. The summed E-state index contributed by atoms with van der Waals surface area (Å²) in [6, 6.07) is 0.403. The highest BCUT2D eigenvalue weighted by molar-refractivity contribution is 9.11. The zero-order valence-electron chi connectivity index (χ0n) is 9.69. The first-order valence-corrected chi connectivity index (χ1v) is 6.82. The quantitative estimate of drug-likeness (QED) is 0.445. The molecule has 1 aromatic rings. The van der Waals surface area contributed by atoms with Crippen LogP contribution in [0.1, 0.15) is 23.2 Å². The van der Waals surface area contributed by atoms with Gasteiger partial charge >= 0.3 is 5.97 Å². The van der Waals surface area contributed by atoms with Gasteiger partial charge in [0.05, 0.1) is 20.7 Å². The molecule has 1 rings (SSSR count). The van der Waals surface area contributed by atoms with Crippen molar-refractivity contribution in [2.45, 2.75) is 18.9 Å². The van der Waals surface area contributed by atoms with E-state index in [4.69, 9.17) is 16.6 Å². The highest BCUT2D eigenvalue weighted by Crippen LogP contribution is 2.39. The van der Waals surface area contributed by atoms with Crippen molar-refractivity contribution < 1.29 is 19.8 Å². The lowest BCUT2D eigenvalue weighted by atomic mass is 9.99. The number of hydrogen-bond acceptors (Lipinski definition) is 5. The van der Waals surface area contributed by atoms with Gasteiger partial charge in [0.15, 0.2) is 5.78 Å². The van der Waals surface area contributed by atoms with Crippen LogP contribution < -0.4 is 11.5 Å². The largest absolute Gasteiger partial charge is 0.505 e. The molecule has 0 aliphatic heterocycles. The zero-order chi connectivity index (χ0) is 14.7. The highest BCUT2D eigenvalue weighted by Gasteiger charge is 2.22. The third-order valence-corrected chi connectivity index (χ3v) is 3.91. The van der Waals surface area contributed by atoms with Gasteiger partial charge in [0, 0.05) is 12.0 Å². The van der Waals surface area contributed by atoms with Crippen molar-refractivity contribution in [1.29, 1.82) is 0 Å². The van der Waals surface area contributed by atoms with E-state index in [9.17, 15) is 14.7 Å². The molecule has 0 bridgehead atoms. The number of phenols is 1. The first-order valence-electron chi connectivity index (χ1n) is 5.23. The number of anilines is 1. The second-order valence-corrected chi connectivity index (χ2v) is 5.53. The fourth-order valence-corrected chi connectivity index (χ4v) is 2.56. The van der Waals surface area contributed by atoms with Gasteiger partial charge in [-0.05, 0) is 44.3 Å². The zero-order valence-corrected chi connectivity index (χ0v) is 12.9. The van der Waals surface area contributed by atoms with Crippen LogP contribution in [0.15, 0.2) is 15.0 Å². The van der Waals surface area contributed by atoms with Gasteiger partial charge in [-0.2, -0.15) is 0 Å². The number of aromatic hydroxyl groups is 1. The summed E-state index contributed by atoms with van der Waals surface area (Å²) in [5.74, 6) is -1.61. The summed E-state index contributed by atoms with van der Waals surface area (Å²) in [4.78, 5) is 22.5. The van der Waals surface area contributed by atoms with Crippen LogP contribution in [0.25, 0.3) is 0 Å². The number of nitrogen functional groups attached to an aromatic ring is 1. The molecule has 0 aliphatic carbocycles. The van der Waals surface area contributed by atoms with E-state index in [0.717, 1.165) is 0 Å². The van der Waals surface area contributed by atoms with Crippen molar-refractivity contribution in [3.05, 3.63) is 20.6 Å².